The lowest BCUT2D eigenvalue weighted by molar-refractivity contribution is 0.128. The Morgan fingerprint density at radius 1 is 1.21 bits per heavy atom. The van der Waals surface area contributed by atoms with Crippen LogP contribution < -0.4 is 20.1 Å². The van der Waals surface area contributed by atoms with Gasteiger partial charge in [0, 0.05) is 39.8 Å². The SMILES string of the molecule is CN=C(NCC(C)Oc1ccccc1OC)NC1CCN(CCOC)CC1.I. The highest BCUT2D eigenvalue weighted by Gasteiger charge is 2.20. The second kappa shape index (κ2) is 13.8. The molecule has 7 nitrogen and oxygen atoms in total. The maximum atomic E-state index is 5.98. The molecule has 1 aliphatic rings. The van der Waals surface area contributed by atoms with Crippen molar-refractivity contribution in [2.45, 2.75) is 31.9 Å². The summed E-state index contributed by atoms with van der Waals surface area (Å²) in [6, 6.07) is 8.13. The Kier molecular flexibility index (Phi) is 12.2. The number of ether oxygens (including phenoxy) is 3. The topological polar surface area (TPSA) is 67.4 Å². The first-order valence-electron chi connectivity index (χ1n) is 9.64. The lowest BCUT2D eigenvalue weighted by Crippen LogP contribution is -2.50. The third-order valence-corrected chi connectivity index (χ3v) is 4.72. The fraction of sp³-hybridized carbons (Fsp3) is 0.650. The minimum atomic E-state index is -0.0178. The molecule has 0 aromatic heterocycles. The molecule has 2 N–H and O–H groups in total. The molecule has 1 fully saturated rings. The van der Waals surface area contributed by atoms with E-state index in [2.05, 4.69) is 20.5 Å². The first kappa shape index (κ1) is 24.8. The zero-order chi connectivity index (χ0) is 19.5. The van der Waals surface area contributed by atoms with E-state index in [4.69, 9.17) is 14.2 Å². The van der Waals surface area contributed by atoms with Gasteiger partial charge in [-0.3, -0.25) is 4.99 Å². The number of nitrogens with zero attached hydrogens (tertiary/aromatic N) is 2. The summed E-state index contributed by atoms with van der Waals surface area (Å²) >= 11 is 0. The van der Waals surface area contributed by atoms with Gasteiger partial charge in [0.05, 0.1) is 20.3 Å². The van der Waals surface area contributed by atoms with Crippen LogP contribution in [0.25, 0.3) is 0 Å². The van der Waals surface area contributed by atoms with Crippen molar-refractivity contribution < 1.29 is 14.2 Å². The van der Waals surface area contributed by atoms with Crippen LogP contribution >= 0.6 is 24.0 Å². The minimum absolute atomic E-state index is 0. The molecule has 1 heterocycles. The van der Waals surface area contributed by atoms with Gasteiger partial charge in [0.2, 0.25) is 0 Å². The summed E-state index contributed by atoms with van der Waals surface area (Å²) in [5.74, 6) is 2.31. The van der Waals surface area contributed by atoms with Crippen LogP contribution in [-0.4, -0.2) is 77.1 Å². The van der Waals surface area contributed by atoms with E-state index in [1.165, 1.54) is 0 Å². The molecular formula is C20H35IN4O3. The number of piperidine rings is 1. The molecule has 1 unspecified atom stereocenters. The van der Waals surface area contributed by atoms with Crippen LogP contribution in [0.15, 0.2) is 29.3 Å². The van der Waals surface area contributed by atoms with Crippen LogP contribution in [-0.2, 0) is 4.74 Å². The van der Waals surface area contributed by atoms with Gasteiger partial charge in [-0.15, -0.1) is 24.0 Å². The Balaban J connectivity index is 0.00000392. The Morgan fingerprint density at radius 3 is 2.50 bits per heavy atom. The van der Waals surface area contributed by atoms with Gasteiger partial charge in [-0.2, -0.15) is 0 Å². The molecule has 0 radical (unpaired) electrons. The standard InChI is InChI=1S/C20H34N4O3.HI/c1-16(27-19-8-6-5-7-18(19)26-4)15-22-20(21-2)23-17-9-11-24(12-10-17)13-14-25-3;/h5-8,16-17H,9-15H2,1-4H3,(H2,21,22,23);1H. The molecule has 0 spiro atoms. The largest absolute Gasteiger partial charge is 0.493 e. The lowest BCUT2D eigenvalue weighted by atomic mass is 10.1. The summed E-state index contributed by atoms with van der Waals surface area (Å²) in [4.78, 5) is 6.79. The second-order valence-corrected chi connectivity index (χ2v) is 6.79. The van der Waals surface area contributed by atoms with Crippen molar-refractivity contribution in [2.75, 3.05) is 54.1 Å². The number of para-hydroxylation sites is 2. The number of methoxy groups -OCH3 is 2. The van der Waals surface area contributed by atoms with Gasteiger partial charge in [0.1, 0.15) is 6.10 Å². The maximum Gasteiger partial charge on any atom is 0.191 e. The summed E-state index contributed by atoms with van der Waals surface area (Å²) in [5, 5.41) is 6.88. The molecular weight excluding hydrogens is 471 g/mol. The van der Waals surface area contributed by atoms with E-state index in [0.717, 1.165) is 56.5 Å². The fourth-order valence-electron chi connectivity index (χ4n) is 3.12. The Hall–Kier alpha value is -1.26. The molecule has 0 bridgehead atoms. The Labute approximate surface area is 186 Å². The van der Waals surface area contributed by atoms with E-state index in [0.29, 0.717) is 12.6 Å². The molecule has 0 aliphatic carbocycles. The molecule has 1 aromatic rings. The first-order chi connectivity index (χ1) is 13.2. The van der Waals surface area contributed by atoms with Gasteiger partial charge >= 0.3 is 0 Å². The van der Waals surface area contributed by atoms with Crippen molar-refractivity contribution in [1.29, 1.82) is 0 Å². The van der Waals surface area contributed by atoms with Crippen molar-refractivity contribution in [1.82, 2.24) is 15.5 Å². The molecule has 8 heteroatoms. The number of aliphatic imine (C=N–C) groups is 1. The van der Waals surface area contributed by atoms with Crippen LogP contribution in [0.4, 0.5) is 0 Å². The Morgan fingerprint density at radius 2 is 1.89 bits per heavy atom. The molecule has 1 saturated heterocycles. The number of rotatable bonds is 9. The van der Waals surface area contributed by atoms with E-state index in [1.54, 1.807) is 21.3 Å². The predicted molar refractivity (Wildman–Crippen MR) is 124 cm³/mol. The highest BCUT2D eigenvalue weighted by molar-refractivity contribution is 14.0. The highest BCUT2D eigenvalue weighted by atomic mass is 127. The van der Waals surface area contributed by atoms with E-state index in [9.17, 15) is 0 Å². The smallest absolute Gasteiger partial charge is 0.191 e. The molecule has 1 aliphatic heterocycles. The Bertz CT molecular complexity index is 580. The van der Waals surface area contributed by atoms with E-state index in [1.807, 2.05) is 31.2 Å². The molecule has 2 rings (SSSR count). The van der Waals surface area contributed by atoms with Gasteiger partial charge in [0.25, 0.3) is 0 Å². The van der Waals surface area contributed by atoms with Crippen LogP contribution in [0.2, 0.25) is 0 Å². The average Bonchev–Trinajstić information content (AvgIpc) is 2.70. The predicted octanol–water partition coefficient (Wildman–Crippen LogP) is 2.36. The van der Waals surface area contributed by atoms with Crippen LogP contribution in [0.3, 0.4) is 0 Å². The minimum Gasteiger partial charge on any atom is -0.493 e. The molecule has 160 valence electrons. The van der Waals surface area contributed by atoms with Crippen molar-refractivity contribution in [3.63, 3.8) is 0 Å². The number of likely N-dealkylation sites (tertiary alicyclic amines) is 1. The normalized spacial score (nSPS) is 16.8. The third-order valence-electron chi connectivity index (χ3n) is 4.72. The highest BCUT2D eigenvalue weighted by Crippen LogP contribution is 2.26. The molecule has 28 heavy (non-hydrogen) atoms. The number of hydrogen-bond donors (Lipinski definition) is 2. The van der Waals surface area contributed by atoms with Crippen LogP contribution in [0.1, 0.15) is 19.8 Å². The third kappa shape index (κ3) is 8.40. The zero-order valence-electron chi connectivity index (χ0n) is 17.4. The fourth-order valence-corrected chi connectivity index (χ4v) is 3.12. The summed E-state index contributed by atoms with van der Waals surface area (Å²) in [6.45, 7) is 6.67. The van der Waals surface area contributed by atoms with Gasteiger partial charge < -0.3 is 29.7 Å². The summed E-state index contributed by atoms with van der Waals surface area (Å²) < 4.78 is 16.5. The van der Waals surface area contributed by atoms with Crippen molar-refractivity contribution in [3.8, 4) is 11.5 Å². The molecule has 0 saturated carbocycles. The van der Waals surface area contributed by atoms with Crippen LogP contribution in [0.5, 0.6) is 11.5 Å². The average molecular weight is 506 g/mol. The number of benzene rings is 1. The number of halogens is 1. The monoisotopic (exact) mass is 506 g/mol. The van der Waals surface area contributed by atoms with Crippen LogP contribution in [0, 0.1) is 0 Å². The molecule has 0 amide bonds. The second-order valence-electron chi connectivity index (χ2n) is 6.79. The number of guanidine groups is 1. The van der Waals surface area contributed by atoms with E-state index >= 15 is 0 Å². The number of nitrogens with one attached hydrogen (secondary N) is 2. The lowest BCUT2D eigenvalue weighted by Gasteiger charge is -2.33. The van der Waals surface area contributed by atoms with Crippen molar-refractivity contribution >= 4 is 29.9 Å². The summed E-state index contributed by atoms with van der Waals surface area (Å²) in [6.07, 6.45) is 2.20. The van der Waals surface area contributed by atoms with E-state index in [-0.39, 0.29) is 30.1 Å². The van der Waals surface area contributed by atoms with Gasteiger partial charge in [-0.1, -0.05) is 12.1 Å². The molecule has 1 aromatic carbocycles. The van der Waals surface area contributed by atoms with Crippen molar-refractivity contribution in [3.05, 3.63) is 24.3 Å². The van der Waals surface area contributed by atoms with Crippen molar-refractivity contribution in [2.24, 2.45) is 4.99 Å². The molecule has 1 atom stereocenters. The quantitative estimate of drug-likeness (QED) is 0.305. The number of hydrogen-bond acceptors (Lipinski definition) is 5. The maximum absolute atomic E-state index is 5.98. The zero-order valence-corrected chi connectivity index (χ0v) is 19.8. The van der Waals surface area contributed by atoms with E-state index < -0.39 is 0 Å². The van der Waals surface area contributed by atoms with Gasteiger partial charge in [-0.25, -0.2) is 0 Å². The van der Waals surface area contributed by atoms with Gasteiger partial charge in [-0.05, 0) is 31.9 Å². The first-order valence-corrected chi connectivity index (χ1v) is 9.64. The van der Waals surface area contributed by atoms with Gasteiger partial charge in [0.15, 0.2) is 17.5 Å². The summed E-state index contributed by atoms with van der Waals surface area (Å²) in [5.41, 5.74) is 0. The summed E-state index contributed by atoms with van der Waals surface area (Å²) in [7, 11) is 5.20.